The Kier molecular flexibility index (Phi) is 6.55. The van der Waals surface area contributed by atoms with Gasteiger partial charge in [0, 0.05) is 9.77 Å². The molecular formula is C17H11BrFIN2O4. The SMILES string of the molecule is COC(=O)C1=C(C(=O)OC)N(c2c(I)cc(Br)c(F)c2C#N)C=CC=C1. The Morgan fingerprint density at radius 1 is 1.27 bits per heavy atom. The van der Waals surface area contributed by atoms with Crippen molar-refractivity contribution in [3.05, 3.63) is 61.2 Å². The van der Waals surface area contributed by atoms with Gasteiger partial charge in [0.2, 0.25) is 0 Å². The van der Waals surface area contributed by atoms with Crippen LogP contribution < -0.4 is 4.90 Å². The van der Waals surface area contributed by atoms with E-state index in [9.17, 15) is 19.2 Å². The fourth-order valence-corrected chi connectivity index (χ4v) is 3.96. The Bertz CT molecular complexity index is 918. The highest BCUT2D eigenvalue weighted by Gasteiger charge is 2.31. The van der Waals surface area contributed by atoms with E-state index >= 15 is 0 Å². The number of benzene rings is 1. The maximum absolute atomic E-state index is 14.5. The zero-order chi connectivity index (χ0) is 19.4. The van der Waals surface area contributed by atoms with Crippen molar-refractivity contribution in [3.8, 4) is 6.07 Å². The number of rotatable bonds is 3. The van der Waals surface area contributed by atoms with E-state index in [0.717, 1.165) is 7.11 Å². The first-order chi connectivity index (χ1) is 12.4. The van der Waals surface area contributed by atoms with Crippen LogP contribution in [0.1, 0.15) is 5.56 Å². The topological polar surface area (TPSA) is 79.6 Å². The second-order valence-corrected chi connectivity index (χ2v) is 6.82. The number of carbonyl (C=O) groups excluding carboxylic acids is 2. The van der Waals surface area contributed by atoms with E-state index in [1.165, 1.54) is 42.5 Å². The molecule has 0 radical (unpaired) electrons. The van der Waals surface area contributed by atoms with Crippen molar-refractivity contribution in [2.45, 2.75) is 0 Å². The largest absolute Gasteiger partial charge is 0.465 e. The normalized spacial score (nSPS) is 13.3. The number of hydrogen-bond donors (Lipinski definition) is 0. The van der Waals surface area contributed by atoms with Gasteiger partial charge in [0.15, 0.2) is 5.82 Å². The molecule has 1 aromatic rings. The van der Waals surface area contributed by atoms with Gasteiger partial charge in [0.25, 0.3) is 0 Å². The number of nitrogens with zero attached hydrogens (tertiary/aromatic N) is 2. The van der Waals surface area contributed by atoms with E-state index in [1.807, 2.05) is 22.6 Å². The van der Waals surface area contributed by atoms with Gasteiger partial charge in [-0.3, -0.25) is 0 Å². The maximum Gasteiger partial charge on any atom is 0.355 e. The summed E-state index contributed by atoms with van der Waals surface area (Å²) >= 11 is 4.97. The summed E-state index contributed by atoms with van der Waals surface area (Å²) in [5.41, 5.74) is -0.468. The van der Waals surface area contributed by atoms with Crippen LogP contribution in [0.5, 0.6) is 0 Å². The summed E-state index contributed by atoms with van der Waals surface area (Å²) in [6.07, 6.45) is 5.87. The summed E-state index contributed by atoms with van der Waals surface area (Å²) in [5.74, 6) is -2.40. The highest BCUT2D eigenvalue weighted by Crippen LogP contribution is 2.37. The molecule has 1 aromatic carbocycles. The van der Waals surface area contributed by atoms with Crippen LogP contribution in [0.15, 0.2) is 46.2 Å². The van der Waals surface area contributed by atoms with Crippen molar-refractivity contribution in [1.82, 2.24) is 0 Å². The highest BCUT2D eigenvalue weighted by atomic mass is 127. The predicted octanol–water partition coefficient (Wildman–Crippen LogP) is 3.55. The smallest absolute Gasteiger partial charge is 0.355 e. The van der Waals surface area contributed by atoms with Crippen LogP contribution in [-0.2, 0) is 19.1 Å². The maximum atomic E-state index is 14.5. The van der Waals surface area contributed by atoms with E-state index in [2.05, 4.69) is 15.9 Å². The number of anilines is 1. The Morgan fingerprint density at radius 2 is 1.92 bits per heavy atom. The Balaban J connectivity index is 2.87. The molecule has 0 aromatic heterocycles. The molecule has 26 heavy (non-hydrogen) atoms. The number of halogens is 3. The number of carbonyl (C=O) groups is 2. The molecule has 134 valence electrons. The van der Waals surface area contributed by atoms with E-state index in [4.69, 9.17) is 9.47 Å². The van der Waals surface area contributed by atoms with E-state index in [1.54, 1.807) is 6.07 Å². The monoisotopic (exact) mass is 532 g/mol. The third kappa shape index (κ3) is 3.66. The molecule has 0 atom stereocenters. The lowest BCUT2D eigenvalue weighted by atomic mass is 10.1. The first kappa shape index (κ1) is 20.1. The van der Waals surface area contributed by atoms with Crippen LogP contribution >= 0.6 is 38.5 Å². The van der Waals surface area contributed by atoms with Gasteiger partial charge in [-0.25, -0.2) is 14.0 Å². The van der Waals surface area contributed by atoms with Gasteiger partial charge in [-0.05, 0) is 56.7 Å². The molecule has 6 nitrogen and oxygen atoms in total. The molecule has 0 amide bonds. The molecular weight excluding hydrogens is 522 g/mol. The van der Waals surface area contributed by atoms with Gasteiger partial charge in [0.1, 0.15) is 17.3 Å². The molecule has 0 saturated carbocycles. The summed E-state index contributed by atoms with van der Waals surface area (Å²) < 4.78 is 24.6. The Labute approximate surface area is 170 Å². The second kappa shape index (κ2) is 8.46. The van der Waals surface area contributed by atoms with Gasteiger partial charge in [-0.1, -0.05) is 6.08 Å². The minimum Gasteiger partial charge on any atom is -0.465 e. The third-order valence-corrected chi connectivity index (χ3v) is 4.79. The highest BCUT2D eigenvalue weighted by molar-refractivity contribution is 14.1. The van der Waals surface area contributed by atoms with Crippen molar-refractivity contribution >= 4 is 56.1 Å². The summed E-state index contributed by atoms with van der Waals surface area (Å²) in [4.78, 5) is 25.8. The first-order valence-electron chi connectivity index (χ1n) is 6.99. The van der Waals surface area contributed by atoms with Crippen LogP contribution in [0, 0.1) is 20.7 Å². The van der Waals surface area contributed by atoms with Gasteiger partial charge in [0.05, 0.1) is 30.0 Å². The fraction of sp³-hybridized carbons (Fsp3) is 0.118. The van der Waals surface area contributed by atoms with E-state index in [0.29, 0.717) is 3.57 Å². The molecule has 0 saturated heterocycles. The van der Waals surface area contributed by atoms with Crippen molar-refractivity contribution in [1.29, 1.82) is 5.26 Å². The lowest BCUT2D eigenvalue weighted by Crippen LogP contribution is -2.28. The molecule has 9 heteroatoms. The van der Waals surface area contributed by atoms with Crippen LogP contribution in [-0.4, -0.2) is 26.2 Å². The number of allylic oxidation sites excluding steroid dienone is 2. The quantitative estimate of drug-likeness (QED) is 0.336. The van der Waals surface area contributed by atoms with Crippen LogP contribution in [0.4, 0.5) is 10.1 Å². The van der Waals surface area contributed by atoms with Gasteiger partial charge >= 0.3 is 11.9 Å². The molecule has 2 rings (SSSR count). The van der Waals surface area contributed by atoms with Crippen molar-refractivity contribution in [2.24, 2.45) is 0 Å². The number of esters is 2. The molecule has 0 bridgehead atoms. The predicted molar refractivity (Wildman–Crippen MR) is 103 cm³/mol. The molecule has 0 aliphatic carbocycles. The molecule has 1 aliphatic rings. The van der Waals surface area contributed by atoms with Crippen LogP contribution in [0.2, 0.25) is 0 Å². The van der Waals surface area contributed by atoms with Crippen molar-refractivity contribution in [3.63, 3.8) is 0 Å². The molecule has 1 aliphatic heterocycles. The second-order valence-electron chi connectivity index (χ2n) is 4.81. The van der Waals surface area contributed by atoms with Crippen molar-refractivity contribution < 1.29 is 23.5 Å². The number of methoxy groups -OCH3 is 2. The van der Waals surface area contributed by atoms with Gasteiger partial charge in [-0.15, -0.1) is 0 Å². The summed E-state index contributed by atoms with van der Waals surface area (Å²) in [5, 5.41) is 9.45. The van der Waals surface area contributed by atoms with Gasteiger partial charge in [-0.2, -0.15) is 5.26 Å². The number of ether oxygens (including phenoxy) is 2. The third-order valence-electron chi connectivity index (χ3n) is 3.39. The minimum absolute atomic E-state index is 0.0904. The average molecular weight is 533 g/mol. The molecule has 0 fully saturated rings. The molecule has 1 heterocycles. The number of hydrogen-bond acceptors (Lipinski definition) is 6. The van der Waals surface area contributed by atoms with Gasteiger partial charge < -0.3 is 14.4 Å². The van der Waals surface area contributed by atoms with Crippen LogP contribution in [0.3, 0.4) is 0 Å². The zero-order valence-corrected chi connectivity index (χ0v) is 17.3. The summed E-state index contributed by atoms with van der Waals surface area (Å²) in [7, 11) is 2.32. The Morgan fingerprint density at radius 3 is 2.50 bits per heavy atom. The fourth-order valence-electron chi connectivity index (χ4n) is 2.26. The summed E-state index contributed by atoms with van der Waals surface area (Å²) in [6, 6.07) is 3.27. The molecule has 0 unspecified atom stereocenters. The number of nitriles is 1. The standard InChI is InChI=1S/C17H11BrFIN2O4/c1-25-16(23)9-5-3-4-6-22(15(9)17(24)26-2)14-10(8-21)13(19)11(18)7-12(14)20/h3-7H,1-2H3. The molecule has 0 spiro atoms. The first-order valence-corrected chi connectivity index (χ1v) is 8.87. The van der Waals surface area contributed by atoms with Crippen molar-refractivity contribution in [2.75, 3.05) is 19.1 Å². The molecule has 0 N–H and O–H groups in total. The lowest BCUT2D eigenvalue weighted by molar-refractivity contribution is -0.139. The minimum atomic E-state index is -0.843. The Hall–Kier alpha value is -2.19. The van der Waals surface area contributed by atoms with E-state index in [-0.39, 0.29) is 27.0 Å². The zero-order valence-electron chi connectivity index (χ0n) is 13.5. The van der Waals surface area contributed by atoms with Crippen LogP contribution in [0.25, 0.3) is 0 Å². The lowest BCUT2D eigenvalue weighted by Gasteiger charge is -2.25. The summed E-state index contributed by atoms with van der Waals surface area (Å²) in [6.45, 7) is 0. The average Bonchev–Trinajstić information content (AvgIpc) is 2.85. The van der Waals surface area contributed by atoms with E-state index < -0.39 is 17.8 Å².